The number of nitrogens with zero attached hydrogens (tertiary/aromatic N) is 1. The molecule has 15 heavy (non-hydrogen) atoms. The standard InChI is InChI=1S/C10H13ClN2OS/c11-8-3-6-15-9(8)10(14)13-4-1-7(12)2-5-13/h3,6-7H,1-2,4-5,12H2. The molecule has 0 spiro atoms. The van der Waals surface area contributed by atoms with Gasteiger partial charge in [0.25, 0.3) is 5.91 Å². The van der Waals surface area contributed by atoms with Crippen molar-refractivity contribution < 1.29 is 4.79 Å². The Labute approximate surface area is 97.8 Å². The highest BCUT2D eigenvalue weighted by Gasteiger charge is 2.23. The van der Waals surface area contributed by atoms with Gasteiger partial charge in [-0.2, -0.15) is 0 Å². The van der Waals surface area contributed by atoms with E-state index in [1.807, 2.05) is 10.3 Å². The van der Waals surface area contributed by atoms with Crippen LogP contribution in [0.1, 0.15) is 22.5 Å². The molecule has 0 atom stereocenters. The average Bonchev–Trinajstić information content (AvgIpc) is 2.65. The summed E-state index contributed by atoms with van der Waals surface area (Å²) in [6, 6.07) is 2.00. The number of carbonyl (C=O) groups is 1. The second-order valence-corrected chi connectivity index (χ2v) is 5.05. The van der Waals surface area contributed by atoms with E-state index >= 15 is 0 Å². The van der Waals surface area contributed by atoms with E-state index in [2.05, 4.69) is 0 Å². The van der Waals surface area contributed by atoms with Gasteiger partial charge in [-0.05, 0) is 24.3 Å². The molecule has 1 aromatic heterocycles. The Bertz CT molecular complexity index is 358. The normalized spacial score (nSPS) is 18.1. The van der Waals surface area contributed by atoms with Crippen LogP contribution in [0.2, 0.25) is 5.02 Å². The molecule has 0 bridgehead atoms. The lowest BCUT2D eigenvalue weighted by atomic mass is 10.1. The zero-order chi connectivity index (χ0) is 10.8. The summed E-state index contributed by atoms with van der Waals surface area (Å²) in [5.41, 5.74) is 5.78. The van der Waals surface area contributed by atoms with Crippen molar-refractivity contribution in [3.8, 4) is 0 Å². The molecular weight excluding hydrogens is 232 g/mol. The summed E-state index contributed by atoms with van der Waals surface area (Å²) >= 11 is 7.32. The molecule has 1 aliphatic heterocycles. The van der Waals surface area contributed by atoms with Crippen LogP contribution in [-0.4, -0.2) is 29.9 Å². The minimum absolute atomic E-state index is 0.0434. The first-order chi connectivity index (χ1) is 7.18. The number of thiophene rings is 1. The van der Waals surface area contributed by atoms with Crippen molar-refractivity contribution in [3.63, 3.8) is 0 Å². The summed E-state index contributed by atoms with van der Waals surface area (Å²) in [6.07, 6.45) is 1.77. The van der Waals surface area contributed by atoms with E-state index in [1.165, 1.54) is 11.3 Å². The van der Waals surface area contributed by atoms with Gasteiger partial charge in [0.2, 0.25) is 0 Å². The van der Waals surface area contributed by atoms with E-state index in [0.717, 1.165) is 25.9 Å². The van der Waals surface area contributed by atoms with E-state index < -0.39 is 0 Å². The fourth-order valence-corrected chi connectivity index (χ4v) is 2.80. The van der Waals surface area contributed by atoms with Crippen LogP contribution in [0, 0.1) is 0 Å². The van der Waals surface area contributed by atoms with Crippen LogP contribution >= 0.6 is 22.9 Å². The van der Waals surface area contributed by atoms with Gasteiger partial charge in [-0.25, -0.2) is 0 Å². The summed E-state index contributed by atoms with van der Waals surface area (Å²) in [4.78, 5) is 14.5. The molecule has 1 aliphatic rings. The Kier molecular flexibility index (Phi) is 3.29. The van der Waals surface area contributed by atoms with Gasteiger partial charge in [-0.15, -0.1) is 11.3 Å². The first-order valence-corrected chi connectivity index (χ1v) is 6.22. The van der Waals surface area contributed by atoms with Crippen molar-refractivity contribution in [3.05, 3.63) is 21.3 Å². The van der Waals surface area contributed by atoms with Crippen molar-refractivity contribution in [1.82, 2.24) is 4.90 Å². The highest BCUT2D eigenvalue weighted by Crippen LogP contribution is 2.24. The second kappa shape index (κ2) is 4.51. The molecule has 3 nitrogen and oxygen atoms in total. The highest BCUT2D eigenvalue weighted by molar-refractivity contribution is 7.12. The molecular formula is C10H13ClN2OS. The van der Waals surface area contributed by atoms with Crippen LogP contribution in [0.15, 0.2) is 11.4 Å². The lowest BCUT2D eigenvalue weighted by Crippen LogP contribution is -2.42. The minimum atomic E-state index is 0.0434. The zero-order valence-electron chi connectivity index (χ0n) is 8.28. The van der Waals surface area contributed by atoms with E-state index in [1.54, 1.807) is 6.07 Å². The number of carbonyl (C=O) groups excluding carboxylic acids is 1. The van der Waals surface area contributed by atoms with Crippen LogP contribution in [-0.2, 0) is 0 Å². The molecule has 5 heteroatoms. The lowest BCUT2D eigenvalue weighted by molar-refractivity contribution is 0.0720. The molecule has 2 heterocycles. The Balaban J connectivity index is 2.06. The highest BCUT2D eigenvalue weighted by atomic mass is 35.5. The molecule has 0 aromatic carbocycles. The number of halogens is 1. The minimum Gasteiger partial charge on any atom is -0.338 e. The van der Waals surface area contributed by atoms with E-state index in [4.69, 9.17) is 17.3 Å². The van der Waals surface area contributed by atoms with Crippen LogP contribution in [0.5, 0.6) is 0 Å². The first kappa shape index (κ1) is 10.9. The molecule has 82 valence electrons. The molecule has 1 aromatic rings. The third-order valence-corrected chi connectivity index (χ3v) is 3.97. The fourth-order valence-electron chi connectivity index (χ4n) is 1.69. The second-order valence-electron chi connectivity index (χ2n) is 3.73. The van der Waals surface area contributed by atoms with Crippen molar-refractivity contribution in [2.75, 3.05) is 13.1 Å². The third-order valence-electron chi connectivity index (χ3n) is 2.64. The van der Waals surface area contributed by atoms with Gasteiger partial charge < -0.3 is 10.6 Å². The Morgan fingerprint density at radius 2 is 2.20 bits per heavy atom. The van der Waals surface area contributed by atoms with Crippen LogP contribution in [0.4, 0.5) is 0 Å². The first-order valence-electron chi connectivity index (χ1n) is 4.96. The lowest BCUT2D eigenvalue weighted by Gasteiger charge is -2.29. The average molecular weight is 245 g/mol. The van der Waals surface area contributed by atoms with Gasteiger partial charge in [-0.3, -0.25) is 4.79 Å². The summed E-state index contributed by atoms with van der Waals surface area (Å²) in [5.74, 6) is 0.0434. The Morgan fingerprint density at radius 3 is 2.73 bits per heavy atom. The van der Waals surface area contributed by atoms with Crippen LogP contribution < -0.4 is 5.73 Å². The van der Waals surface area contributed by atoms with Crippen molar-refractivity contribution in [2.45, 2.75) is 18.9 Å². The number of hydrogen-bond donors (Lipinski definition) is 1. The van der Waals surface area contributed by atoms with Crippen molar-refractivity contribution in [1.29, 1.82) is 0 Å². The predicted octanol–water partition coefficient (Wildman–Crippen LogP) is 1.96. The number of amides is 1. The van der Waals surface area contributed by atoms with Crippen LogP contribution in [0.3, 0.4) is 0 Å². The maximum Gasteiger partial charge on any atom is 0.265 e. The third kappa shape index (κ3) is 2.33. The maximum absolute atomic E-state index is 12.0. The molecule has 2 rings (SSSR count). The summed E-state index contributed by atoms with van der Waals surface area (Å²) in [7, 11) is 0. The van der Waals surface area contributed by atoms with Crippen molar-refractivity contribution >= 4 is 28.8 Å². The van der Waals surface area contributed by atoms with Crippen molar-refractivity contribution in [2.24, 2.45) is 5.73 Å². The van der Waals surface area contributed by atoms with Gasteiger partial charge in [0, 0.05) is 19.1 Å². The predicted molar refractivity (Wildman–Crippen MR) is 62.4 cm³/mol. The van der Waals surface area contributed by atoms with E-state index in [0.29, 0.717) is 9.90 Å². The molecule has 1 amide bonds. The largest absolute Gasteiger partial charge is 0.338 e. The number of nitrogens with two attached hydrogens (primary N) is 1. The molecule has 0 radical (unpaired) electrons. The molecule has 0 aliphatic carbocycles. The molecule has 1 fully saturated rings. The molecule has 1 saturated heterocycles. The molecule has 0 unspecified atom stereocenters. The summed E-state index contributed by atoms with van der Waals surface area (Å²) in [6.45, 7) is 1.49. The molecule has 0 saturated carbocycles. The fraction of sp³-hybridized carbons (Fsp3) is 0.500. The van der Waals surface area contributed by atoms with Gasteiger partial charge >= 0.3 is 0 Å². The SMILES string of the molecule is NC1CCN(C(=O)c2sccc2Cl)CC1. The summed E-state index contributed by atoms with van der Waals surface area (Å²) < 4.78 is 0. The number of rotatable bonds is 1. The summed E-state index contributed by atoms with van der Waals surface area (Å²) in [5, 5.41) is 2.39. The maximum atomic E-state index is 12.0. The quantitative estimate of drug-likeness (QED) is 0.821. The van der Waals surface area contributed by atoms with Gasteiger partial charge in [0.15, 0.2) is 0 Å². The van der Waals surface area contributed by atoms with Gasteiger partial charge in [0.1, 0.15) is 4.88 Å². The van der Waals surface area contributed by atoms with Crippen LogP contribution in [0.25, 0.3) is 0 Å². The van der Waals surface area contributed by atoms with E-state index in [9.17, 15) is 4.79 Å². The number of likely N-dealkylation sites (tertiary alicyclic amines) is 1. The Morgan fingerprint density at radius 1 is 1.53 bits per heavy atom. The monoisotopic (exact) mass is 244 g/mol. The molecule has 2 N–H and O–H groups in total. The van der Waals surface area contributed by atoms with Gasteiger partial charge in [0.05, 0.1) is 5.02 Å². The number of piperidine rings is 1. The smallest absolute Gasteiger partial charge is 0.265 e. The Hall–Kier alpha value is -0.580. The topological polar surface area (TPSA) is 46.3 Å². The van der Waals surface area contributed by atoms with Gasteiger partial charge in [-0.1, -0.05) is 11.6 Å². The zero-order valence-corrected chi connectivity index (χ0v) is 9.85. The van der Waals surface area contributed by atoms with E-state index in [-0.39, 0.29) is 11.9 Å². The number of hydrogen-bond acceptors (Lipinski definition) is 3.